The fraction of sp³-hybridized carbons (Fsp3) is 0.611. The first-order valence-corrected chi connectivity index (χ1v) is 10.4. The van der Waals surface area contributed by atoms with E-state index in [1.54, 1.807) is 29.2 Å². The number of rotatable bonds is 5. The summed E-state index contributed by atoms with van der Waals surface area (Å²) in [7, 11) is -3.65. The molecule has 0 saturated carbocycles. The number of sulfonamides is 1. The SMILES string of the molecule is CCOc1ccc(S(=O)(=O)N2C[C@H]3CN(C(C)=O)CC[C@@]3(CO)C2)cc1. The number of hydrogen-bond donors (Lipinski definition) is 1. The number of amides is 1. The van der Waals surface area contributed by atoms with Crippen molar-refractivity contribution in [2.75, 3.05) is 39.4 Å². The minimum absolute atomic E-state index is 0.00985. The van der Waals surface area contributed by atoms with Crippen LogP contribution in [-0.2, 0) is 14.8 Å². The number of aliphatic hydroxyl groups is 1. The second-order valence-corrected chi connectivity index (χ2v) is 9.07. The summed E-state index contributed by atoms with van der Waals surface area (Å²) in [5, 5.41) is 9.98. The lowest BCUT2D eigenvalue weighted by atomic mass is 9.73. The molecule has 2 atom stereocenters. The smallest absolute Gasteiger partial charge is 0.243 e. The van der Waals surface area contributed by atoms with Crippen LogP contribution in [0.3, 0.4) is 0 Å². The van der Waals surface area contributed by atoms with Crippen molar-refractivity contribution < 1.29 is 23.1 Å². The highest BCUT2D eigenvalue weighted by atomic mass is 32.2. The van der Waals surface area contributed by atoms with Gasteiger partial charge in [-0.15, -0.1) is 0 Å². The lowest BCUT2D eigenvalue weighted by Gasteiger charge is -2.42. The zero-order chi connectivity index (χ0) is 18.9. The molecule has 26 heavy (non-hydrogen) atoms. The Hall–Kier alpha value is -1.64. The van der Waals surface area contributed by atoms with Crippen molar-refractivity contribution in [3.63, 3.8) is 0 Å². The van der Waals surface area contributed by atoms with Crippen LogP contribution in [0.15, 0.2) is 29.2 Å². The maximum absolute atomic E-state index is 13.0. The topological polar surface area (TPSA) is 87.2 Å². The molecule has 2 aliphatic rings. The Morgan fingerprint density at radius 3 is 2.58 bits per heavy atom. The zero-order valence-corrected chi connectivity index (χ0v) is 16.0. The van der Waals surface area contributed by atoms with E-state index in [1.807, 2.05) is 6.92 Å². The number of ether oxygens (including phenoxy) is 1. The van der Waals surface area contributed by atoms with E-state index in [9.17, 15) is 18.3 Å². The first kappa shape index (κ1) is 19.1. The Morgan fingerprint density at radius 2 is 2.00 bits per heavy atom. The van der Waals surface area contributed by atoms with E-state index < -0.39 is 15.4 Å². The van der Waals surface area contributed by atoms with E-state index in [0.717, 1.165) is 0 Å². The van der Waals surface area contributed by atoms with Gasteiger partial charge in [0.2, 0.25) is 15.9 Å². The molecule has 0 radical (unpaired) electrons. The number of hydrogen-bond acceptors (Lipinski definition) is 5. The van der Waals surface area contributed by atoms with Crippen LogP contribution in [0.5, 0.6) is 5.75 Å². The lowest BCUT2D eigenvalue weighted by molar-refractivity contribution is -0.133. The number of carbonyl (C=O) groups is 1. The minimum atomic E-state index is -3.65. The van der Waals surface area contributed by atoms with E-state index in [0.29, 0.717) is 38.4 Å². The molecule has 0 aliphatic carbocycles. The van der Waals surface area contributed by atoms with Gasteiger partial charge in [-0.05, 0) is 43.5 Å². The van der Waals surface area contributed by atoms with Gasteiger partial charge in [0.05, 0.1) is 18.1 Å². The van der Waals surface area contributed by atoms with Crippen molar-refractivity contribution in [2.45, 2.75) is 25.2 Å². The molecule has 1 N–H and O–H groups in total. The summed E-state index contributed by atoms with van der Waals surface area (Å²) in [6.45, 7) is 5.50. The number of likely N-dealkylation sites (tertiary alicyclic amines) is 1. The minimum Gasteiger partial charge on any atom is -0.494 e. The number of nitrogens with zero attached hydrogens (tertiary/aromatic N) is 2. The average Bonchev–Trinajstić information content (AvgIpc) is 3.02. The predicted molar refractivity (Wildman–Crippen MR) is 96.2 cm³/mol. The summed E-state index contributed by atoms with van der Waals surface area (Å²) in [6.07, 6.45) is 0.614. The molecule has 144 valence electrons. The molecule has 2 heterocycles. The number of aliphatic hydroxyl groups excluding tert-OH is 1. The largest absolute Gasteiger partial charge is 0.494 e. The Morgan fingerprint density at radius 1 is 1.31 bits per heavy atom. The fourth-order valence-corrected chi connectivity index (χ4v) is 5.57. The van der Waals surface area contributed by atoms with Crippen LogP contribution in [0.2, 0.25) is 0 Å². The molecule has 2 fully saturated rings. The monoisotopic (exact) mass is 382 g/mol. The Labute approximate surface area is 154 Å². The normalized spacial score (nSPS) is 26.6. The zero-order valence-electron chi connectivity index (χ0n) is 15.2. The third kappa shape index (κ3) is 3.33. The molecule has 7 nitrogen and oxygen atoms in total. The van der Waals surface area contributed by atoms with Gasteiger partial charge in [0, 0.05) is 38.5 Å². The van der Waals surface area contributed by atoms with E-state index in [4.69, 9.17) is 4.74 Å². The number of piperidine rings is 1. The molecule has 2 saturated heterocycles. The van der Waals surface area contributed by atoms with Crippen LogP contribution >= 0.6 is 0 Å². The Bertz CT molecular complexity index is 764. The van der Waals surface area contributed by atoms with Gasteiger partial charge in [0.1, 0.15) is 5.75 Å². The molecular weight excluding hydrogens is 356 g/mol. The van der Waals surface area contributed by atoms with Crippen LogP contribution in [0.4, 0.5) is 0 Å². The van der Waals surface area contributed by atoms with Crippen LogP contribution < -0.4 is 4.74 Å². The summed E-state index contributed by atoms with van der Waals surface area (Å²) in [5.41, 5.74) is -0.468. The van der Waals surface area contributed by atoms with Gasteiger partial charge in [0.25, 0.3) is 0 Å². The summed E-state index contributed by atoms with van der Waals surface area (Å²) in [4.78, 5) is 13.6. The van der Waals surface area contributed by atoms with Crippen LogP contribution in [-0.4, -0.2) is 68.0 Å². The van der Waals surface area contributed by atoms with Crippen LogP contribution in [0.1, 0.15) is 20.3 Å². The first-order valence-electron chi connectivity index (χ1n) is 8.92. The number of carbonyl (C=O) groups excluding carboxylic acids is 1. The molecule has 1 aromatic rings. The summed E-state index contributed by atoms with van der Waals surface area (Å²) < 4.78 is 32.9. The summed E-state index contributed by atoms with van der Waals surface area (Å²) in [5.74, 6) is 0.567. The first-order chi connectivity index (χ1) is 12.3. The summed E-state index contributed by atoms with van der Waals surface area (Å²) in [6, 6.07) is 6.41. The molecule has 0 bridgehead atoms. The third-order valence-electron chi connectivity index (χ3n) is 5.63. The van der Waals surface area contributed by atoms with Crippen LogP contribution in [0.25, 0.3) is 0 Å². The quantitative estimate of drug-likeness (QED) is 0.819. The van der Waals surface area contributed by atoms with Gasteiger partial charge in [-0.2, -0.15) is 4.31 Å². The predicted octanol–water partition coefficient (Wildman–Crippen LogP) is 0.937. The van der Waals surface area contributed by atoms with Crippen molar-refractivity contribution >= 4 is 15.9 Å². The van der Waals surface area contributed by atoms with Gasteiger partial charge >= 0.3 is 0 Å². The summed E-state index contributed by atoms with van der Waals surface area (Å²) >= 11 is 0. The van der Waals surface area contributed by atoms with Gasteiger partial charge in [-0.25, -0.2) is 8.42 Å². The van der Waals surface area contributed by atoms with Crippen molar-refractivity contribution in [2.24, 2.45) is 11.3 Å². The van der Waals surface area contributed by atoms with Crippen molar-refractivity contribution in [1.82, 2.24) is 9.21 Å². The molecule has 1 aromatic carbocycles. The van der Waals surface area contributed by atoms with Crippen molar-refractivity contribution in [1.29, 1.82) is 0 Å². The molecule has 0 unspecified atom stereocenters. The van der Waals surface area contributed by atoms with Crippen LogP contribution in [0, 0.1) is 11.3 Å². The highest BCUT2D eigenvalue weighted by Crippen LogP contribution is 2.44. The standard InChI is InChI=1S/C18H26N2O5S/c1-3-25-16-4-6-17(7-5-16)26(23,24)20-11-15-10-19(14(2)22)9-8-18(15,12-20)13-21/h4-7,15,21H,3,8-13H2,1-2H3/t15-,18+/m1/s1. The second-order valence-electron chi connectivity index (χ2n) is 7.13. The molecule has 0 spiro atoms. The number of fused-ring (bicyclic) bond motifs is 1. The lowest BCUT2D eigenvalue weighted by Crippen LogP contribution is -2.50. The van der Waals surface area contributed by atoms with Crippen molar-refractivity contribution in [3.05, 3.63) is 24.3 Å². The molecule has 8 heteroatoms. The second kappa shape index (κ2) is 7.17. The Balaban J connectivity index is 1.82. The molecule has 3 rings (SSSR count). The number of benzene rings is 1. The van der Waals surface area contributed by atoms with E-state index in [1.165, 1.54) is 11.2 Å². The van der Waals surface area contributed by atoms with Gasteiger partial charge in [0.15, 0.2) is 0 Å². The van der Waals surface area contributed by atoms with Gasteiger partial charge in [-0.1, -0.05) is 0 Å². The Kier molecular flexibility index (Phi) is 5.28. The van der Waals surface area contributed by atoms with E-state index in [2.05, 4.69) is 0 Å². The average molecular weight is 382 g/mol. The van der Waals surface area contributed by atoms with E-state index >= 15 is 0 Å². The fourth-order valence-electron chi connectivity index (χ4n) is 3.98. The van der Waals surface area contributed by atoms with Gasteiger partial charge in [-0.3, -0.25) is 4.79 Å². The maximum Gasteiger partial charge on any atom is 0.243 e. The highest BCUT2D eigenvalue weighted by molar-refractivity contribution is 7.89. The molecule has 2 aliphatic heterocycles. The third-order valence-corrected chi connectivity index (χ3v) is 7.46. The van der Waals surface area contributed by atoms with Gasteiger partial charge < -0.3 is 14.7 Å². The molecular formula is C18H26N2O5S. The highest BCUT2D eigenvalue weighted by Gasteiger charge is 2.52. The maximum atomic E-state index is 13.0. The van der Waals surface area contributed by atoms with Crippen molar-refractivity contribution in [3.8, 4) is 5.75 Å². The molecule has 0 aromatic heterocycles. The van der Waals surface area contributed by atoms with E-state index in [-0.39, 0.29) is 29.9 Å². The molecule has 1 amide bonds.